The summed E-state index contributed by atoms with van der Waals surface area (Å²) >= 11 is 0. The van der Waals surface area contributed by atoms with E-state index in [1.807, 2.05) is 36.4 Å². The molecule has 0 aliphatic heterocycles. The van der Waals surface area contributed by atoms with Gasteiger partial charge in [-0.3, -0.25) is 0 Å². The molecule has 23 heavy (non-hydrogen) atoms. The minimum atomic E-state index is -0.886. The highest BCUT2D eigenvalue weighted by Crippen LogP contribution is 2.02. The van der Waals surface area contributed by atoms with Crippen LogP contribution in [0.5, 0.6) is 0 Å². The van der Waals surface area contributed by atoms with Crippen molar-refractivity contribution in [3.63, 3.8) is 0 Å². The lowest BCUT2D eigenvalue weighted by molar-refractivity contribution is -0.140. The van der Waals surface area contributed by atoms with E-state index in [1.54, 1.807) is 26.0 Å². The van der Waals surface area contributed by atoms with Crippen LogP contribution in [0.25, 0.3) is 6.08 Å². The van der Waals surface area contributed by atoms with Gasteiger partial charge in [-0.15, -0.1) is 0 Å². The number of benzene rings is 1. The maximum absolute atomic E-state index is 10.5. The number of aliphatic hydroxyl groups is 1. The van der Waals surface area contributed by atoms with Crippen molar-refractivity contribution in [1.29, 1.82) is 0 Å². The van der Waals surface area contributed by atoms with Crippen LogP contribution in [-0.4, -0.2) is 35.4 Å². The van der Waals surface area contributed by atoms with Gasteiger partial charge in [0.15, 0.2) is 0 Å². The third-order valence-electron chi connectivity index (χ3n) is 2.44. The molecule has 2 N–H and O–H groups in total. The van der Waals surface area contributed by atoms with Crippen molar-refractivity contribution in [3.05, 3.63) is 65.8 Å². The fraction of sp³-hybridized carbons (Fsp3) is 0.222. The summed E-state index contributed by atoms with van der Waals surface area (Å²) in [6.07, 6.45) is 5.18. The molecule has 0 radical (unpaired) electrons. The normalized spacial score (nSPS) is 10.7. The second kappa shape index (κ2) is 11.9. The van der Waals surface area contributed by atoms with Crippen LogP contribution in [-0.2, 0) is 14.3 Å². The van der Waals surface area contributed by atoms with Crippen molar-refractivity contribution in [2.75, 3.05) is 13.2 Å². The summed E-state index contributed by atoms with van der Waals surface area (Å²) < 4.78 is 4.46. The quantitative estimate of drug-likeness (QED) is 0.479. The lowest BCUT2D eigenvalue weighted by Gasteiger charge is -1.99. The Kier molecular flexibility index (Phi) is 10.6. The van der Waals surface area contributed by atoms with Crippen LogP contribution in [0.15, 0.2) is 60.2 Å². The Labute approximate surface area is 136 Å². The first-order chi connectivity index (χ1) is 10.9. The van der Waals surface area contributed by atoms with E-state index < -0.39 is 11.9 Å². The minimum Gasteiger partial charge on any atom is -0.478 e. The van der Waals surface area contributed by atoms with E-state index in [0.717, 1.165) is 5.56 Å². The number of ether oxygens (including phenoxy) is 1. The van der Waals surface area contributed by atoms with Gasteiger partial charge < -0.3 is 14.9 Å². The van der Waals surface area contributed by atoms with E-state index in [2.05, 4.69) is 11.3 Å². The maximum Gasteiger partial charge on any atom is 0.333 e. The molecule has 1 aromatic carbocycles. The highest BCUT2D eigenvalue weighted by atomic mass is 16.5. The zero-order valence-corrected chi connectivity index (χ0v) is 13.4. The first kappa shape index (κ1) is 20.3. The van der Waals surface area contributed by atoms with Crippen LogP contribution in [0.2, 0.25) is 0 Å². The molecule has 0 aliphatic rings. The van der Waals surface area contributed by atoms with Crippen LogP contribution in [0.1, 0.15) is 19.4 Å². The van der Waals surface area contributed by atoms with Crippen LogP contribution >= 0.6 is 0 Å². The number of carboxylic acid groups (broad SMARTS) is 1. The van der Waals surface area contributed by atoms with Crippen molar-refractivity contribution >= 4 is 18.0 Å². The monoisotopic (exact) mass is 318 g/mol. The molecule has 0 atom stereocenters. The number of carbonyl (C=O) groups is 2. The van der Waals surface area contributed by atoms with Gasteiger partial charge in [-0.05, 0) is 19.4 Å². The largest absolute Gasteiger partial charge is 0.478 e. The number of allylic oxidation sites excluding steroid dienone is 2. The van der Waals surface area contributed by atoms with Gasteiger partial charge in [-0.1, -0.05) is 55.1 Å². The van der Waals surface area contributed by atoms with Crippen LogP contribution in [0.4, 0.5) is 0 Å². The predicted octanol–water partition coefficient (Wildman–Crippen LogP) is 2.83. The second-order valence-corrected chi connectivity index (χ2v) is 4.56. The number of carbonyl (C=O) groups excluding carboxylic acids is 1. The molecule has 0 saturated carbocycles. The van der Waals surface area contributed by atoms with Gasteiger partial charge in [0.1, 0.15) is 6.61 Å². The van der Waals surface area contributed by atoms with Crippen LogP contribution in [0.3, 0.4) is 0 Å². The van der Waals surface area contributed by atoms with E-state index >= 15 is 0 Å². The van der Waals surface area contributed by atoms with Crippen molar-refractivity contribution in [2.45, 2.75) is 13.8 Å². The summed E-state index contributed by atoms with van der Waals surface area (Å²) in [4.78, 5) is 20.9. The van der Waals surface area contributed by atoms with E-state index in [9.17, 15) is 9.59 Å². The highest BCUT2D eigenvalue weighted by Gasteiger charge is 1.99. The van der Waals surface area contributed by atoms with Crippen LogP contribution < -0.4 is 0 Å². The zero-order chi connectivity index (χ0) is 17.7. The number of aliphatic carboxylic acids is 1. The van der Waals surface area contributed by atoms with Gasteiger partial charge in [0.05, 0.1) is 6.61 Å². The fourth-order valence-corrected chi connectivity index (χ4v) is 1.20. The minimum absolute atomic E-state index is 0.0473. The number of hydrogen-bond donors (Lipinski definition) is 2. The van der Waals surface area contributed by atoms with Crippen LogP contribution in [0, 0.1) is 0 Å². The molecule has 5 nitrogen and oxygen atoms in total. The average molecular weight is 318 g/mol. The van der Waals surface area contributed by atoms with Gasteiger partial charge in [0.25, 0.3) is 0 Å². The fourth-order valence-electron chi connectivity index (χ4n) is 1.20. The van der Waals surface area contributed by atoms with Crippen molar-refractivity contribution in [3.8, 4) is 0 Å². The number of hydrogen-bond acceptors (Lipinski definition) is 4. The number of esters is 1. The number of rotatable bonds is 6. The van der Waals surface area contributed by atoms with Gasteiger partial charge in [-0.25, -0.2) is 9.59 Å². The topological polar surface area (TPSA) is 83.8 Å². The Bertz CT molecular complexity index is 570. The van der Waals surface area contributed by atoms with E-state index in [-0.39, 0.29) is 13.2 Å². The molecular formula is C18H22O5. The molecule has 0 fully saturated rings. The summed E-state index contributed by atoms with van der Waals surface area (Å²) in [6, 6.07) is 9.73. The molecule has 124 valence electrons. The Morgan fingerprint density at radius 3 is 2.30 bits per heavy atom. The lowest BCUT2D eigenvalue weighted by Crippen LogP contribution is -2.08. The summed E-state index contributed by atoms with van der Waals surface area (Å²) in [5, 5.41) is 16.8. The number of carboxylic acids is 1. The lowest BCUT2D eigenvalue weighted by atomic mass is 10.2. The zero-order valence-electron chi connectivity index (χ0n) is 13.4. The summed E-state index contributed by atoms with van der Waals surface area (Å²) in [5.41, 5.74) is 1.74. The maximum atomic E-state index is 10.5. The molecule has 0 amide bonds. The Balaban J connectivity index is 0.000000468. The van der Waals surface area contributed by atoms with E-state index in [0.29, 0.717) is 11.1 Å². The molecule has 0 saturated heterocycles. The molecule has 0 aliphatic carbocycles. The molecule has 0 bridgehead atoms. The average Bonchev–Trinajstić information content (AvgIpc) is 2.53. The molecule has 1 rings (SSSR count). The first-order valence-electron chi connectivity index (χ1n) is 6.95. The summed E-state index contributed by atoms with van der Waals surface area (Å²) in [5.74, 6) is -1.34. The second-order valence-electron chi connectivity index (χ2n) is 4.56. The Morgan fingerprint density at radius 1 is 1.22 bits per heavy atom. The van der Waals surface area contributed by atoms with Gasteiger partial charge >= 0.3 is 11.9 Å². The third-order valence-corrected chi connectivity index (χ3v) is 2.44. The van der Waals surface area contributed by atoms with Gasteiger partial charge in [0, 0.05) is 11.1 Å². The SMILES string of the molecule is C=C(C)C(=O)OCCO.CC(=CC=Cc1ccccc1)C(=O)O. The van der Waals surface area contributed by atoms with Gasteiger partial charge in [0.2, 0.25) is 0 Å². The molecule has 1 aromatic rings. The first-order valence-corrected chi connectivity index (χ1v) is 6.95. The molecular weight excluding hydrogens is 296 g/mol. The van der Waals surface area contributed by atoms with Crippen molar-refractivity contribution in [1.82, 2.24) is 0 Å². The van der Waals surface area contributed by atoms with Gasteiger partial charge in [-0.2, -0.15) is 0 Å². The molecule has 0 spiro atoms. The Hall–Kier alpha value is -2.66. The standard InChI is InChI=1S/C12H12O2.C6H10O3/c1-10(12(13)14)6-5-9-11-7-3-2-4-8-11;1-5(2)6(8)9-4-3-7/h2-9H,1H3,(H,13,14);7H,1,3-4H2,2H3. The smallest absolute Gasteiger partial charge is 0.333 e. The molecule has 0 aromatic heterocycles. The van der Waals surface area contributed by atoms with Crippen molar-refractivity contribution < 1.29 is 24.5 Å². The molecule has 5 heteroatoms. The van der Waals surface area contributed by atoms with E-state index in [1.165, 1.54) is 0 Å². The Morgan fingerprint density at radius 2 is 1.83 bits per heavy atom. The highest BCUT2D eigenvalue weighted by molar-refractivity contribution is 5.87. The third kappa shape index (κ3) is 10.7. The molecule has 0 unspecified atom stereocenters. The summed E-state index contributed by atoms with van der Waals surface area (Å²) in [6.45, 7) is 6.38. The van der Waals surface area contributed by atoms with Crippen molar-refractivity contribution in [2.24, 2.45) is 0 Å². The summed E-state index contributed by atoms with van der Waals surface area (Å²) in [7, 11) is 0. The number of aliphatic hydroxyl groups excluding tert-OH is 1. The molecule has 0 heterocycles. The predicted molar refractivity (Wildman–Crippen MR) is 89.7 cm³/mol. The van der Waals surface area contributed by atoms with E-state index in [4.69, 9.17) is 10.2 Å².